The van der Waals surface area contributed by atoms with E-state index in [-0.39, 0.29) is 37.9 Å². The van der Waals surface area contributed by atoms with Crippen molar-refractivity contribution in [2.45, 2.75) is 193 Å². The molecular formula is C41H74O4SSi2. The number of fused-ring (bicyclic) bond motifs is 5. The second-order valence-electron chi connectivity index (χ2n) is 19.8. The molecule has 48 heavy (non-hydrogen) atoms. The number of hydrogen-bond donors (Lipinski definition) is 1. The Labute approximate surface area is 302 Å². The Morgan fingerprint density at radius 3 is 2.08 bits per heavy atom. The van der Waals surface area contributed by atoms with E-state index < -0.39 is 22.2 Å². The van der Waals surface area contributed by atoms with Crippen LogP contribution in [0.3, 0.4) is 0 Å². The molecule has 0 aliphatic heterocycles. The number of thioether (sulfide) groups is 1. The molecule has 0 spiro atoms. The standard InChI is InChI=1S/C41H74O4SSi2/c1-16-31-34(42)26-33-30-21-20-29-27-41(45-48(14,15)37(7,8)9,46-25-19-23-40(43,17-2)18-3)28-35(44-47(12,13)36(4,5)6)39(29,11)32(30)22-24-38(31,33)10/h20-21,31-33,35,43H,16-19,22-28H2,1-15H3/t31-,32+,33-,35-,38+,39-,41-/m0/s1. The maximum absolute atomic E-state index is 13.4. The molecular weight excluding hydrogens is 645 g/mol. The summed E-state index contributed by atoms with van der Waals surface area (Å²) in [5.41, 5.74) is 2.40. The van der Waals surface area contributed by atoms with Crippen molar-refractivity contribution >= 4 is 34.2 Å². The number of carbonyl (C=O) groups is 1. The lowest BCUT2D eigenvalue weighted by Gasteiger charge is -2.61. The summed E-state index contributed by atoms with van der Waals surface area (Å²) in [7, 11) is -4.32. The third-order valence-electron chi connectivity index (χ3n) is 15.0. The summed E-state index contributed by atoms with van der Waals surface area (Å²) in [5, 5.41) is 11.3. The molecule has 7 atom stereocenters. The van der Waals surface area contributed by atoms with Gasteiger partial charge in [0.1, 0.15) is 10.7 Å². The molecule has 3 fully saturated rings. The average molecular weight is 719 g/mol. The van der Waals surface area contributed by atoms with Crippen LogP contribution in [-0.2, 0) is 13.6 Å². The minimum absolute atomic E-state index is 0.0380. The van der Waals surface area contributed by atoms with Crippen molar-refractivity contribution < 1.29 is 18.8 Å². The first-order valence-corrected chi connectivity index (χ1v) is 26.3. The van der Waals surface area contributed by atoms with E-state index in [1.54, 1.807) is 0 Å². The molecule has 0 unspecified atom stereocenters. The van der Waals surface area contributed by atoms with E-state index in [1.165, 1.54) is 11.1 Å². The Bertz CT molecular complexity index is 1250. The van der Waals surface area contributed by atoms with Gasteiger partial charge in [0.15, 0.2) is 16.6 Å². The van der Waals surface area contributed by atoms with Crippen molar-refractivity contribution in [2.24, 2.45) is 28.6 Å². The molecule has 4 aliphatic carbocycles. The minimum Gasteiger partial charge on any atom is -0.413 e. The highest BCUT2D eigenvalue weighted by Crippen LogP contribution is 2.67. The lowest BCUT2D eigenvalue weighted by Crippen LogP contribution is -2.61. The van der Waals surface area contributed by atoms with Crippen molar-refractivity contribution in [3.63, 3.8) is 0 Å². The molecule has 0 amide bonds. The van der Waals surface area contributed by atoms with Gasteiger partial charge in [-0.15, -0.1) is 11.8 Å². The molecule has 4 aliphatic rings. The topological polar surface area (TPSA) is 55.8 Å². The molecule has 0 aromatic carbocycles. The van der Waals surface area contributed by atoms with Crippen LogP contribution in [0.1, 0.15) is 140 Å². The van der Waals surface area contributed by atoms with Gasteiger partial charge in [-0.1, -0.05) is 99.5 Å². The maximum Gasteiger partial charge on any atom is 0.193 e. The summed E-state index contributed by atoms with van der Waals surface area (Å²) in [6, 6.07) is 0. The predicted molar refractivity (Wildman–Crippen MR) is 212 cm³/mol. The van der Waals surface area contributed by atoms with Crippen LogP contribution in [0.4, 0.5) is 0 Å². The highest BCUT2D eigenvalue weighted by molar-refractivity contribution is 8.00. The van der Waals surface area contributed by atoms with Crippen LogP contribution < -0.4 is 0 Å². The molecule has 0 heterocycles. The monoisotopic (exact) mass is 718 g/mol. The van der Waals surface area contributed by atoms with Gasteiger partial charge >= 0.3 is 0 Å². The van der Waals surface area contributed by atoms with Crippen LogP contribution >= 0.6 is 11.8 Å². The van der Waals surface area contributed by atoms with Crippen LogP contribution in [-0.4, -0.2) is 49.9 Å². The van der Waals surface area contributed by atoms with Crippen LogP contribution in [0.2, 0.25) is 36.3 Å². The summed E-state index contributed by atoms with van der Waals surface area (Å²) >= 11 is 2.02. The molecule has 0 radical (unpaired) electrons. The number of ketones is 1. The first kappa shape index (κ1) is 40.6. The number of allylic oxidation sites excluding steroid dienone is 3. The number of carbonyl (C=O) groups excluding carboxylic acids is 1. The van der Waals surface area contributed by atoms with Crippen molar-refractivity contribution in [1.82, 2.24) is 0 Å². The Balaban J connectivity index is 1.82. The van der Waals surface area contributed by atoms with Gasteiger partial charge in [-0.3, -0.25) is 4.79 Å². The summed E-state index contributed by atoms with van der Waals surface area (Å²) in [6.45, 7) is 35.2. The van der Waals surface area contributed by atoms with Gasteiger partial charge < -0.3 is 14.0 Å². The number of hydrogen-bond acceptors (Lipinski definition) is 5. The van der Waals surface area contributed by atoms with Crippen molar-refractivity contribution in [3.05, 3.63) is 23.3 Å². The van der Waals surface area contributed by atoms with Crippen molar-refractivity contribution in [2.75, 3.05) is 5.75 Å². The lowest BCUT2D eigenvalue weighted by molar-refractivity contribution is -0.122. The van der Waals surface area contributed by atoms with E-state index in [9.17, 15) is 9.90 Å². The smallest absolute Gasteiger partial charge is 0.193 e. The highest BCUT2D eigenvalue weighted by Gasteiger charge is 2.63. The Kier molecular flexibility index (Phi) is 11.5. The summed E-state index contributed by atoms with van der Waals surface area (Å²) < 4.78 is 15.4. The molecule has 0 saturated heterocycles. The van der Waals surface area contributed by atoms with Gasteiger partial charge in [0, 0.05) is 30.6 Å². The summed E-state index contributed by atoms with van der Waals surface area (Å²) in [4.78, 5) is 13.0. The van der Waals surface area contributed by atoms with Crippen LogP contribution in [0.15, 0.2) is 23.3 Å². The van der Waals surface area contributed by atoms with Crippen LogP contribution in [0, 0.1) is 28.6 Å². The zero-order valence-corrected chi connectivity index (χ0v) is 36.6. The zero-order chi connectivity index (χ0) is 36.4. The fourth-order valence-corrected chi connectivity index (χ4v) is 14.2. The largest absolute Gasteiger partial charge is 0.413 e. The lowest BCUT2D eigenvalue weighted by atomic mass is 9.49. The Morgan fingerprint density at radius 1 is 0.938 bits per heavy atom. The van der Waals surface area contributed by atoms with E-state index >= 15 is 0 Å². The SMILES string of the molecule is CC[C@H]1C(=O)C[C@H]2C3=CC=C4C[C@](O[Si](C)(C)C(C)(C)C)(SCCCC(O)(CC)CC)C[C@H](O[Si](C)(C)C(C)(C)C)[C@]4(C)[C@@H]3CC[C@]12C. The third-order valence-corrected chi connectivity index (χ3v) is 25.6. The maximum atomic E-state index is 13.4. The first-order chi connectivity index (χ1) is 21.9. The van der Waals surface area contributed by atoms with Gasteiger partial charge in [0.25, 0.3) is 0 Å². The Morgan fingerprint density at radius 2 is 1.54 bits per heavy atom. The van der Waals surface area contributed by atoms with Crippen molar-refractivity contribution in [1.29, 1.82) is 0 Å². The first-order valence-electron chi connectivity index (χ1n) is 19.5. The van der Waals surface area contributed by atoms with E-state index in [0.29, 0.717) is 24.0 Å². The van der Waals surface area contributed by atoms with Gasteiger partial charge in [0.05, 0.1) is 11.7 Å². The second kappa shape index (κ2) is 13.7. The van der Waals surface area contributed by atoms with Gasteiger partial charge in [-0.2, -0.15) is 0 Å². The van der Waals surface area contributed by atoms with Crippen LogP contribution in [0.5, 0.6) is 0 Å². The molecule has 0 aromatic heterocycles. The number of rotatable bonds is 12. The normalized spacial score (nSPS) is 34.7. The molecule has 0 aromatic rings. The second-order valence-corrected chi connectivity index (χ2v) is 30.7. The molecule has 4 nitrogen and oxygen atoms in total. The summed E-state index contributed by atoms with van der Waals surface area (Å²) in [6.07, 6.45) is 14.1. The molecule has 7 heteroatoms. The van der Waals surface area contributed by atoms with E-state index in [2.05, 4.69) is 115 Å². The molecule has 4 rings (SSSR count). The molecule has 3 saturated carbocycles. The number of aliphatic hydroxyl groups is 1. The summed E-state index contributed by atoms with van der Waals surface area (Å²) in [5.74, 6) is 2.39. The zero-order valence-electron chi connectivity index (χ0n) is 33.8. The molecule has 0 bridgehead atoms. The van der Waals surface area contributed by atoms with Crippen molar-refractivity contribution in [3.8, 4) is 0 Å². The molecule has 1 N–H and O–H groups in total. The number of Topliss-reactive ketones (excluding diaryl/α,β-unsaturated/α-hetero) is 1. The Hall–Kier alpha value is -0.186. The highest BCUT2D eigenvalue weighted by atomic mass is 32.2. The quantitative estimate of drug-likeness (QED) is 0.124. The van der Waals surface area contributed by atoms with Gasteiger partial charge in [-0.05, 0) is 104 Å². The van der Waals surface area contributed by atoms with E-state index in [1.807, 2.05) is 11.8 Å². The average Bonchev–Trinajstić information content (AvgIpc) is 3.23. The predicted octanol–water partition coefficient (Wildman–Crippen LogP) is 11.9. The van der Waals surface area contributed by atoms with Gasteiger partial charge in [-0.25, -0.2) is 0 Å². The minimum atomic E-state index is -2.16. The molecule has 276 valence electrons. The van der Waals surface area contributed by atoms with E-state index in [0.717, 1.165) is 63.5 Å². The fraction of sp³-hybridized carbons (Fsp3) is 0.878. The van der Waals surface area contributed by atoms with Crippen LogP contribution in [0.25, 0.3) is 0 Å². The third kappa shape index (κ3) is 7.23. The fourth-order valence-electron chi connectivity index (χ4n) is 9.40. The van der Waals surface area contributed by atoms with Gasteiger partial charge in [0.2, 0.25) is 0 Å². The van der Waals surface area contributed by atoms with E-state index in [4.69, 9.17) is 8.85 Å².